The van der Waals surface area contributed by atoms with Crippen LogP contribution in [0, 0.1) is 11.8 Å². The van der Waals surface area contributed by atoms with Crippen LogP contribution in [0.3, 0.4) is 0 Å². The van der Waals surface area contributed by atoms with Gasteiger partial charge in [0.05, 0.1) is 5.69 Å². The molecule has 2 aliphatic rings. The van der Waals surface area contributed by atoms with Crippen molar-refractivity contribution >= 4 is 0 Å². The number of hydrogen-bond acceptors (Lipinski definition) is 2. The van der Waals surface area contributed by atoms with Crippen molar-refractivity contribution in [3.8, 4) is 0 Å². The highest BCUT2D eigenvalue weighted by Gasteiger charge is 2.21. The summed E-state index contributed by atoms with van der Waals surface area (Å²) in [5.74, 6) is 2.96. The van der Waals surface area contributed by atoms with Gasteiger partial charge in [-0.3, -0.25) is 0 Å². The summed E-state index contributed by atoms with van der Waals surface area (Å²) in [6, 6.07) is 0. The minimum absolute atomic E-state index is 0.818. The van der Waals surface area contributed by atoms with E-state index in [0.29, 0.717) is 0 Å². The number of fused-ring (bicyclic) bond motifs is 1. The van der Waals surface area contributed by atoms with Crippen molar-refractivity contribution in [3.63, 3.8) is 0 Å². The summed E-state index contributed by atoms with van der Waals surface area (Å²) in [6.07, 6.45) is 8.71. The molecule has 18 heavy (non-hydrogen) atoms. The first-order chi connectivity index (χ1) is 8.70. The summed E-state index contributed by atoms with van der Waals surface area (Å²) in [4.78, 5) is 7.31. The SMILES string of the molecule is CC1CCc2nc(CC3CCCN(C)C3)cn2C1. The number of aromatic nitrogens is 2. The Balaban J connectivity index is 1.66. The molecule has 1 aromatic rings. The summed E-state index contributed by atoms with van der Waals surface area (Å²) < 4.78 is 2.40. The van der Waals surface area contributed by atoms with Crippen LogP contribution in [0.15, 0.2) is 6.20 Å². The molecule has 3 nitrogen and oxygen atoms in total. The fourth-order valence-electron chi connectivity index (χ4n) is 3.51. The second-order valence-corrected chi connectivity index (χ2v) is 6.42. The normalized spacial score (nSPS) is 29.2. The summed E-state index contributed by atoms with van der Waals surface area (Å²) in [6.45, 7) is 6.04. The molecule has 0 spiro atoms. The van der Waals surface area contributed by atoms with E-state index in [1.54, 1.807) is 0 Å². The Bertz CT molecular complexity index is 410. The summed E-state index contributed by atoms with van der Waals surface area (Å²) >= 11 is 0. The summed E-state index contributed by atoms with van der Waals surface area (Å²) in [5, 5.41) is 0. The van der Waals surface area contributed by atoms with Crippen molar-refractivity contribution < 1.29 is 0 Å². The molecule has 1 aromatic heterocycles. The molecule has 2 unspecified atom stereocenters. The lowest BCUT2D eigenvalue weighted by molar-refractivity contribution is 0.208. The van der Waals surface area contributed by atoms with E-state index < -0.39 is 0 Å². The molecule has 0 amide bonds. The van der Waals surface area contributed by atoms with Crippen molar-refractivity contribution in [1.82, 2.24) is 14.5 Å². The summed E-state index contributed by atoms with van der Waals surface area (Å²) in [5.41, 5.74) is 1.33. The maximum Gasteiger partial charge on any atom is 0.108 e. The second kappa shape index (κ2) is 5.04. The van der Waals surface area contributed by atoms with Gasteiger partial charge in [0.25, 0.3) is 0 Å². The number of aryl methyl sites for hydroxylation is 1. The second-order valence-electron chi connectivity index (χ2n) is 6.42. The van der Waals surface area contributed by atoms with Gasteiger partial charge in [-0.2, -0.15) is 0 Å². The molecule has 0 bridgehead atoms. The number of likely N-dealkylation sites (tertiary alicyclic amines) is 1. The lowest BCUT2D eigenvalue weighted by Crippen LogP contribution is -2.33. The number of hydrogen-bond donors (Lipinski definition) is 0. The Labute approximate surface area is 110 Å². The number of nitrogens with zero attached hydrogens (tertiary/aromatic N) is 3. The van der Waals surface area contributed by atoms with E-state index in [1.165, 1.54) is 63.3 Å². The Morgan fingerprint density at radius 3 is 3.06 bits per heavy atom. The zero-order chi connectivity index (χ0) is 12.5. The zero-order valence-corrected chi connectivity index (χ0v) is 11.7. The molecule has 100 valence electrons. The highest BCUT2D eigenvalue weighted by molar-refractivity contribution is 5.08. The van der Waals surface area contributed by atoms with Crippen LogP contribution in [-0.4, -0.2) is 34.6 Å². The van der Waals surface area contributed by atoms with Crippen molar-refractivity contribution in [1.29, 1.82) is 0 Å². The van der Waals surface area contributed by atoms with Crippen molar-refractivity contribution in [3.05, 3.63) is 17.7 Å². The van der Waals surface area contributed by atoms with Crippen LogP contribution in [-0.2, 0) is 19.4 Å². The van der Waals surface area contributed by atoms with Crippen LogP contribution in [0.4, 0.5) is 0 Å². The maximum atomic E-state index is 4.85. The largest absolute Gasteiger partial charge is 0.334 e. The monoisotopic (exact) mass is 247 g/mol. The van der Waals surface area contributed by atoms with Crippen molar-refractivity contribution in [2.24, 2.45) is 11.8 Å². The molecule has 2 atom stereocenters. The van der Waals surface area contributed by atoms with Gasteiger partial charge in [0.15, 0.2) is 0 Å². The first-order valence-electron chi connectivity index (χ1n) is 7.44. The first-order valence-corrected chi connectivity index (χ1v) is 7.44. The predicted molar refractivity (Wildman–Crippen MR) is 73.6 cm³/mol. The average molecular weight is 247 g/mol. The van der Waals surface area contributed by atoms with E-state index in [4.69, 9.17) is 4.98 Å². The molecule has 0 aromatic carbocycles. The predicted octanol–water partition coefficient (Wildman–Crippen LogP) is 2.35. The molecule has 3 heterocycles. The van der Waals surface area contributed by atoms with Crippen LogP contribution in [0.25, 0.3) is 0 Å². The van der Waals surface area contributed by atoms with Crippen LogP contribution in [0.2, 0.25) is 0 Å². The highest BCUT2D eigenvalue weighted by Crippen LogP contribution is 2.23. The lowest BCUT2D eigenvalue weighted by atomic mass is 9.94. The average Bonchev–Trinajstić information content (AvgIpc) is 2.70. The Hall–Kier alpha value is -0.830. The van der Waals surface area contributed by atoms with Gasteiger partial charge < -0.3 is 9.47 Å². The molecule has 2 aliphatic heterocycles. The van der Waals surface area contributed by atoms with Gasteiger partial charge in [0.1, 0.15) is 5.82 Å². The van der Waals surface area contributed by atoms with E-state index in [2.05, 4.69) is 29.6 Å². The minimum atomic E-state index is 0.818. The smallest absolute Gasteiger partial charge is 0.108 e. The third kappa shape index (κ3) is 2.61. The quantitative estimate of drug-likeness (QED) is 0.800. The molecular formula is C15H25N3. The molecule has 0 saturated carbocycles. The van der Waals surface area contributed by atoms with Gasteiger partial charge in [0, 0.05) is 25.7 Å². The van der Waals surface area contributed by atoms with Crippen LogP contribution in [0.5, 0.6) is 0 Å². The number of imidazole rings is 1. The molecule has 0 N–H and O–H groups in total. The molecule has 0 radical (unpaired) electrons. The van der Waals surface area contributed by atoms with Gasteiger partial charge in [-0.05, 0) is 51.1 Å². The molecule has 3 rings (SSSR count). The lowest BCUT2D eigenvalue weighted by Gasteiger charge is -2.29. The number of piperidine rings is 1. The molecule has 0 aliphatic carbocycles. The van der Waals surface area contributed by atoms with Gasteiger partial charge >= 0.3 is 0 Å². The third-order valence-electron chi connectivity index (χ3n) is 4.50. The fraction of sp³-hybridized carbons (Fsp3) is 0.800. The number of rotatable bonds is 2. The maximum absolute atomic E-state index is 4.85. The molecule has 3 heteroatoms. The highest BCUT2D eigenvalue weighted by atomic mass is 15.1. The van der Waals surface area contributed by atoms with E-state index in [0.717, 1.165) is 11.8 Å². The van der Waals surface area contributed by atoms with E-state index in [-0.39, 0.29) is 0 Å². The van der Waals surface area contributed by atoms with Gasteiger partial charge in [-0.15, -0.1) is 0 Å². The standard InChI is InChI=1S/C15H25N3/c1-12-5-6-15-16-14(11-18(15)9-12)8-13-4-3-7-17(2)10-13/h11-13H,3-10H2,1-2H3. The van der Waals surface area contributed by atoms with Crippen LogP contribution in [0.1, 0.15) is 37.7 Å². The molecular weight excluding hydrogens is 222 g/mol. The third-order valence-corrected chi connectivity index (χ3v) is 4.50. The van der Waals surface area contributed by atoms with Crippen molar-refractivity contribution in [2.75, 3.05) is 20.1 Å². The summed E-state index contributed by atoms with van der Waals surface area (Å²) in [7, 11) is 2.24. The van der Waals surface area contributed by atoms with Gasteiger partial charge in [-0.25, -0.2) is 4.98 Å². The fourth-order valence-corrected chi connectivity index (χ4v) is 3.51. The molecule has 1 saturated heterocycles. The van der Waals surface area contributed by atoms with Crippen molar-refractivity contribution in [2.45, 2.75) is 45.6 Å². The topological polar surface area (TPSA) is 21.1 Å². The zero-order valence-electron chi connectivity index (χ0n) is 11.7. The van der Waals surface area contributed by atoms with Crippen LogP contribution < -0.4 is 0 Å². The Morgan fingerprint density at radius 1 is 1.33 bits per heavy atom. The van der Waals surface area contributed by atoms with Crippen LogP contribution >= 0.6 is 0 Å². The minimum Gasteiger partial charge on any atom is -0.334 e. The molecule has 1 fully saturated rings. The van der Waals surface area contributed by atoms with Gasteiger partial charge in [-0.1, -0.05) is 6.92 Å². The Morgan fingerprint density at radius 2 is 2.22 bits per heavy atom. The van der Waals surface area contributed by atoms with Gasteiger partial charge in [0.2, 0.25) is 0 Å². The Kier molecular flexibility index (Phi) is 3.42. The van der Waals surface area contributed by atoms with E-state index >= 15 is 0 Å². The van der Waals surface area contributed by atoms with E-state index in [9.17, 15) is 0 Å². The first kappa shape index (κ1) is 12.2. The van der Waals surface area contributed by atoms with E-state index in [1.807, 2.05) is 0 Å².